The topological polar surface area (TPSA) is 32.5 Å². The van der Waals surface area contributed by atoms with Gasteiger partial charge >= 0.3 is 0 Å². The van der Waals surface area contributed by atoms with E-state index in [4.69, 9.17) is 5.73 Å². The van der Waals surface area contributed by atoms with Crippen molar-refractivity contribution < 1.29 is 4.39 Å². The fourth-order valence-electron chi connectivity index (χ4n) is 2.94. The molecule has 1 fully saturated rings. The van der Waals surface area contributed by atoms with Gasteiger partial charge in [0.15, 0.2) is 0 Å². The highest BCUT2D eigenvalue weighted by Crippen LogP contribution is 2.20. The van der Waals surface area contributed by atoms with Crippen LogP contribution in [0.2, 0.25) is 0 Å². The van der Waals surface area contributed by atoms with Crippen LogP contribution in [0.1, 0.15) is 19.8 Å². The van der Waals surface area contributed by atoms with Gasteiger partial charge in [-0.25, -0.2) is 4.39 Å². The number of anilines is 1. The Labute approximate surface area is 121 Å². The van der Waals surface area contributed by atoms with Gasteiger partial charge < -0.3 is 10.6 Å². The molecule has 1 saturated heterocycles. The fourth-order valence-corrected chi connectivity index (χ4v) is 2.94. The van der Waals surface area contributed by atoms with E-state index in [9.17, 15) is 4.39 Å². The highest BCUT2D eigenvalue weighted by atomic mass is 19.1. The van der Waals surface area contributed by atoms with Crippen molar-refractivity contribution in [2.45, 2.75) is 19.8 Å². The number of hydrogen-bond donors (Lipinski definition) is 1. The van der Waals surface area contributed by atoms with E-state index >= 15 is 0 Å². The van der Waals surface area contributed by atoms with E-state index in [-0.39, 0.29) is 5.82 Å². The molecule has 0 aliphatic carbocycles. The van der Waals surface area contributed by atoms with Crippen molar-refractivity contribution in [1.29, 1.82) is 0 Å². The Morgan fingerprint density at radius 1 is 1.20 bits per heavy atom. The molecule has 1 aromatic carbocycles. The van der Waals surface area contributed by atoms with Crippen LogP contribution in [0.5, 0.6) is 0 Å². The third-order valence-corrected chi connectivity index (χ3v) is 4.11. The monoisotopic (exact) mass is 279 g/mol. The molecule has 2 N–H and O–H groups in total. The first-order valence-corrected chi connectivity index (χ1v) is 7.66. The summed E-state index contributed by atoms with van der Waals surface area (Å²) in [6.45, 7) is 7.83. The summed E-state index contributed by atoms with van der Waals surface area (Å²) in [6.07, 6.45) is 2.39. The molecule has 0 spiro atoms. The summed E-state index contributed by atoms with van der Waals surface area (Å²) in [5.41, 5.74) is 6.56. The molecule has 0 bridgehead atoms. The summed E-state index contributed by atoms with van der Waals surface area (Å²) in [5.74, 6) is 0.478. The summed E-state index contributed by atoms with van der Waals surface area (Å²) in [6, 6.07) is 7.04. The SMILES string of the molecule is CCCC(CN)CN1CCN(c2ccccc2F)CC1. The Kier molecular flexibility index (Phi) is 5.80. The van der Waals surface area contributed by atoms with Gasteiger partial charge in [-0.15, -0.1) is 0 Å². The van der Waals surface area contributed by atoms with Crippen LogP contribution in [0, 0.1) is 11.7 Å². The first-order valence-electron chi connectivity index (χ1n) is 7.66. The van der Waals surface area contributed by atoms with Crippen LogP contribution in [-0.4, -0.2) is 44.2 Å². The van der Waals surface area contributed by atoms with Crippen LogP contribution >= 0.6 is 0 Å². The van der Waals surface area contributed by atoms with E-state index in [0.29, 0.717) is 5.92 Å². The van der Waals surface area contributed by atoms with Gasteiger partial charge in [0.1, 0.15) is 5.82 Å². The molecular weight excluding hydrogens is 253 g/mol. The Hall–Kier alpha value is -1.13. The Balaban J connectivity index is 1.85. The van der Waals surface area contributed by atoms with Gasteiger partial charge in [-0.2, -0.15) is 0 Å². The lowest BCUT2D eigenvalue weighted by atomic mass is 10.0. The van der Waals surface area contributed by atoms with Gasteiger partial charge in [0, 0.05) is 32.7 Å². The molecule has 20 heavy (non-hydrogen) atoms. The van der Waals surface area contributed by atoms with Crippen LogP contribution in [0.3, 0.4) is 0 Å². The highest BCUT2D eigenvalue weighted by molar-refractivity contribution is 5.47. The number of nitrogens with zero attached hydrogens (tertiary/aromatic N) is 2. The third kappa shape index (κ3) is 3.93. The smallest absolute Gasteiger partial charge is 0.146 e. The van der Waals surface area contributed by atoms with Crippen LogP contribution in [0.15, 0.2) is 24.3 Å². The average Bonchev–Trinajstić information content (AvgIpc) is 2.48. The molecule has 1 aliphatic rings. The van der Waals surface area contributed by atoms with Crippen LogP contribution in [0.4, 0.5) is 10.1 Å². The van der Waals surface area contributed by atoms with E-state index in [1.807, 2.05) is 12.1 Å². The molecule has 1 aliphatic heterocycles. The summed E-state index contributed by atoms with van der Waals surface area (Å²) in [5, 5.41) is 0. The molecule has 4 heteroatoms. The minimum atomic E-state index is -0.119. The van der Waals surface area contributed by atoms with Crippen molar-refractivity contribution in [1.82, 2.24) is 4.90 Å². The summed E-state index contributed by atoms with van der Waals surface area (Å²) < 4.78 is 13.8. The van der Waals surface area contributed by atoms with Crippen molar-refractivity contribution in [2.24, 2.45) is 11.7 Å². The predicted octanol–water partition coefficient (Wildman–Crippen LogP) is 2.32. The van der Waals surface area contributed by atoms with E-state index in [1.165, 1.54) is 18.9 Å². The maximum atomic E-state index is 13.8. The van der Waals surface area contributed by atoms with Crippen molar-refractivity contribution >= 4 is 5.69 Å². The number of para-hydroxylation sites is 1. The maximum Gasteiger partial charge on any atom is 0.146 e. The normalized spacial score (nSPS) is 18.2. The minimum absolute atomic E-state index is 0.119. The van der Waals surface area contributed by atoms with E-state index in [2.05, 4.69) is 16.7 Å². The molecule has 3 nitrogen and oxygen atoms in total. The molecule has 0 aromatic heterocycles. The largest absolute Gasteiger partial charge is 0.367 e. The molecule has 112 valence electrons. The molecule has 0 saturated carbocycles. The molecule has 1 unspecified atom stereocenters. The molecule has 1 aromatic rings. The number of rotatable bonds is 6. The number of halogens is 1. The molecule has 2 rings (SSSR count). The standard InChI is InChI=1S/C16H26FN3/c1-2-5-14(12-18)13-19-8-10-20(11-9-19)16-7-4-3-6-15(16)17/h3-4,6-7,14H,2,5,8-13,18H2,1H3. The van der Waals surface area contributed by atoms with E-state index < -0.39 is 0 Å². The van der Waals surface area contributed by atoms with Crippen molar-refractivity contribution in [2.75, 3.05) is 44.2 Å². The lowest BCUT2D eigenvalue weighted by Crippen LogP contribution is -2.48. The predicted molar refractivity (Wildman–Crippen MR) is 82.5 cm³/mol. The second-order valence-corrected chi connectivity index (χ2v) is 5.63. The first kappa shape index (κ1) is 15.3. The molecule has 1 heterocycles. The number of benzene rings is 1. The van der Waals surface area contributed by atoms with Crippen LogP contribution in [-0.2, 0) is 0 Å². The van der Waals surface area contributed by atoms with Gasteiger partial charge in [0.05, 0.1) is 5.69 Å². The zero-order valence-electron chi connectivity index (χ0n) is 12.4. The zero-order chi connectivity index (χ0) is 14.4. The van der Waals surface area contributed by atoms with Gasteiger partial charge in [-0.1, -0.05) is 25.5 Å². The molecular formula is C16H26FN3. The van der Waals surface area contributed by atoms with Crippen molar-refractivity contribution in [3.05, 3.63) is 30.1 Å². The van der Waals surface area contributed by atoms with Gasteiger partial charge in [-0.3, -0.25) is 4.90 Å². The molecule has 0 radical (unpaired) electrons. The summed E-state index contributed by atoms with van der Waals surface area (Å²) >= 11 is 0. The first-order chi connectivity index (χ1) is 9.74. The fraction of sp³-hybridized carbons (Fsp3) is 0.625. The quantitative estimate of drug-likeness (QED) is 0.867. The number of piperazine rings is 1. The van der Waals surface area contributed by atoms with Gasteiger partial charge in [0.25, 0.3) is 0 Å². The molecule has 1 atom stereocenters. The minimum Gasteiger partial charge on any atom is -0.367 e. The summed E-state index contributed by atoms with van der Waals surface area (Å²) in [4.78, 5) is 4.60. The average molecular weight is 279 g/mol. The van der Waals surface area contributed by atoms with Crippen molar-refractivity contribution in [3.8, 4) is 0 Å². The second-order valence-electron chi connectivity index (χ2n) is 5.63. The van der Waals surface area contributed by atoms with E-state index in [0.717, 1.165) is 45.0 Å². The lowest BCUT2D eigenvalue weighted by molar-refractivity contribution is 0.214. The van der Waals surface area contributed by atoms with Crippen molar-refractivity contribution in [3.63, 3.8) is 0 Å². The van der Waals surface area contributed by atoms with Gasteiger partial charge in [0.2, 0.25) is 0 Å². The number of nitrogens with two attached hydrogens (primary N) is 1. The third-order valence-electron chi connectivity index (χ3n) is 4.11. The zero-order valence-corrected chi connectivity index (χ0v) is 12.4. The van der Waals surface area contributed by atoms with Gasteiger partial charge in [-0.05, 0) is 31.0 Å². The summed E-state index contributed by atoms with van der Waals surface area (Å²) in [7, 11) is 0. The molecule has 0 amide bonds. The second kappa shape index (κ2) is 7.60. The maximum absolute atomic E-state index is 13.8. The Morgan fingerprint density at radius 2 is 1.90 bits per heavy atom. The Morgan fingerprint density at radius 3 is 2.50 bits per heavy atom. The Bertz CT molecular complexity index is 402. The highest BCUT2D eigenvalue weighted by Gasteiger charge is 2.20. The van der Waals surface area contributed by atoms with Crippen LogP contribution in [0.25, 0.3) is 0 Å². The van der Waals surface area contributed by atoms with E-state index in [1.54, 1.807) is 6.07 Å². The van der Waals surface area contributed by atoms with Crippen LogP contribution < -0.4 is 10.6 Å². The number of hydrogen-bond acceptors (Lipinski definition) is 3. The lowest BCUT2D eigenvalue weighted by Gasteiger charge is -2.37.